The number of nitrogens with zero attached hydrogens (tertiary/aromatic N) is 4. The van der Waals surface area contributed by atoms with Gasteiger partial charge in [-0.05, 0) is 29.3 Å². The van der Waals surface area contributed by atoms with Crippen LogP contribution in [0.15, 0.2) is 70.3 Å². The zero-order valence-electron chi connectivity index (χ0n) is 18.8. The van der Waals surface area contributed by atoms with Crippen LogP contribution in [-0.4, -0.2) is 25.7 Å². The molecule has 10 heteroatoms. The Bertz CT molecular complexity index is 1480. The summed E-state index contributed by atoms with van der Waals surface area (Å²) in [6.45, 7) is 1.83. The van der Waals surface area contributed by atoms with E-state index in [2.05, 4.69) is 21.5 Å². The van der Waals surface area contributed by atoms with Gasteiger partial charge in [-0.2, -0.15) is 5.26 Å². The van der Waals surface area contributed by atoms with E-state index >= 15 is 0 Å². The van der Waals surface area contributed by atoms with Crippen LogP contribution in [-0.2, 0) is 7.05 Å². The third-order valence-electron chi connectivity index (χ3n) is 5.74. The minimum atomic E-state index is -0.798. The monoisotopic (exact) mass is 489 g/mol. The van der Waals surface area contributed by atoms with Gasteiger partial charge < -0.3 is 14.9 Å². The van der Waals surface area contributed by atoms with Gasteiger partial charge in [0.25, 0.3) is 11.5 Å². The summed E-state index contributed by atoms with van der Waals surface area (Å²) in [6.07, 6.45) is 2.47. The number of amides is 1. The van der Waals surface area contributed by atoms with Crippen molar-refractivity contribution >= 4 is 23.2 Å². The highest BCUT2D eigenvalue weighted by Gasteiger charge is 2.30. The number of hydrogen-bond acceptors (Lipinski definition) is 7. The number of nitrogens with one attached hydrogen (secondary N) is 1. The van der Waals surface area contributed by atoms with Gasteiger partial charge in [0.1, 0.15) is 17.8 Å². The van der Waals surface area contributed by atoms with Gasteiger partial charge in [-0.25, -0.2) is 4.98 Å². The van der Waals surface area contributed by atoms with Gasteiger partial charge in [-0.1, -0.05) is 54.0 Å². The molecule has 2 aromatic carbocycles. The predicted octanol–water partition coefficient (Wildman–Crippen LogP) is 4.19. The number of benzene rings is 2. The van der Waals surface area contributed by atoms with Crippen LogP contribution in [0.2, 0.25) is 5.02 Å². The van der Waals surface area contributed by atoms with E-state index in [1.807, 2.05) is 37.3 Å². The van der Waals surface area contributed by atoms with Crippen LogP contribution in [0.5, 0.6) is 5.75 Å². The van der Waals surface area contributed by atoms with Crippen molar-refractivity contribution in [3.8, 4) is 11.8 Å². The molecule has 0 aliphatic carbocycles. The van der Waals surface area contributed by atoms with Crippen LogP contribution in [0.4, 0.5) is 5.69 Å². The number of rotatable bonds is 6. The standard InChI is InChI=1S/C25H20ClN5O4/c1-14(20(15-6-4-3-5-7-15)19-10-17(26)9-8-16(19)11-27)23-30-21(22(32)25(34)31(23)2)24(33)29-18-12-28-35-13-18/h3-10,12-14,20,32H,1-2H3,(H,29,33)/t14-,20-/m0/s1. The fourth-order valence-corrected chi connectivity index (χ4v) is 4.25. The van der Waals surface area contributed by atoms with Gasteiger partial charge in [-0.3, -0.25) is 14.2 Å². The maximum atomic E-state index is 12.9. The summed E-state index contributed by atoms with van der Waals surface area (Å²) in [5, 5.41) is 26.6. The van der Waals surface area contributed by atoms with Crippen molar-refractivity contribution in [2.75, 3.05) is 5.32 Å². The Labute approximate surface area is 205 Å². The Morgan fingerprint density at radius 3 is 2.66 bits per heavy atom. The predicted molar refractivity (Wildman–Crippen MR) is 128 cm³/mol. The number of halogens is 1. The van der Waals surface area contributed by atoms with E-state index in [1.54, 1.807) is 18.2 Å². The van der Waals surface area contributed by atoms with Gasteiger partial charge in [0.05, 0.1) is 17.8 Å². The van der Waals surface area contributed by atoms with Gasteiger partial charge in [0.15, 0.2) is 5.69 Å². The number of aromatic nitrogens is 3. The maximum Gasteiger partial charge on any atom is 0.296 e. The minimum absolute atomic E-state index is 0.237. The number of carbonyl (C=O) groups is 1. The number of anilines is 1. The molecule has 0 saturated heterocycles. The van der Waals surface area contributed by atoms with E-state index < -0.39 is 34.7 Å². The molecule has 0 aliphatic heterocycles. The molecular formula is C25H20ClN5O4. The zero-order valence-corrected chi connectivity index (χ0v) is 19.5. The Morgan fingerprint density at radius 2 is 2.00 bits per heavy atom. The highest BCUT2D eigenvalue weighted by Crippen LogP contribution is 2.40. The summed E-state index contributed by atoms with van der Waals surface area (Å²) >= 11 is 6.29. The second-order valence-electron chi connectivity index (χ2n) is 7.92. The molecule has 176 valence electrons. The second kappa shape index (κ2) is 9.83. The Morgan fingerprint density at radius 1 is 1.26 bits per heavy atom. The normalized spacial score (nSPS) is 12.5. The van der Waals surface area contributed by atoms with Crippen LogP contribution < -0.4 is 10.9 Å². The maximum absolute atomic E-state index is 12.9. The summed E-state index contributed by atoms with van der Waals surface area (Å²) in [7, 11) is 1.47. The second-order valence-corrected chi connectivity index (χ2v) is 8.36. The molecule has 0 spiro atoms. The molecular weight excluding hydrogens is 470 g/mol. The van der Waals surface area contributed by atoms with Crippen molar-refractivity contribution in [1.29, 1.82) is 5.26 Å². The van der Waals surface area contributed by atoms with Gasteiger partial charge >= 0.3 is 0 Å². The molecule has 0 aliphatic rings. The topological polar surface area (TPSA) is 134 Å². The summed E-state index contributed by atoms with van der Waals surface area (Å²) in [4.78, 5) is 30.1. The van der Waals surface area contributed by atoms with Crippen LogP contribution in [0, 0.1) is 11.3 Å². The van der Waals surface area contributed by atoms with Crippen molar-refractivity contribution < 1.29 is 14.4 Å². The van der Waals surface area contributed by atoms with E-state index in [0.717, 1.165) is 5.56 Å². The Kier molecular flexibility index (Phi) is 6.66. The first kappa shape index (κ1) is 23.7. The Hall–Kier alpha value is -4.42. The third kappa shape index (κ3) is 4.65. The van der Waals surface area contributed by atoms with E-state index in [9.17, 15) is 20.0 Å². The molecule has 4 aromatic rings. The van der Waals surface area contributed by atoms with Gasteiger partial charge in [-0.15, -0.1) is 0 Å². The molecule has 1 amide bonds. The average molecular weight is 490 g/mol. The van der Waals surface area contributed by atoms with Crippen LogP contribution in [0.3, 0.4) is 0 Å². The van der Waals surface area contributed by atoms with Crippen molar-refractivity contribution in [2.45, 2.75) is 18.8 Å². The zero-order chi connectivity index (χ0) is 25.1. The number of hydrogen-bond donors (Lipinski definition) is 2. The number of carbonyl (C=O) groups excluding carboxylic acids is 1. The van der Waals surface area contributed by atoms with Crippen molar-refractivity contribution in [3.63, 3.8) is 0 Å². The largest absolute Gasteiger partial charge is 0.501 e. The minimum Gasteiger partial charge on any atom is -0.501 e. The molecule has 0 radical (unpaired) electrons. The van der Waals surface area contributed by atoms with E-state index in [4.69, 9.17) is 16.1 Å². The first-order valence-electron chi connectivity index (χ1n) is 10.6. The Balaban J connectivity index is 1.88. The fraction of sp³-hybridized carbons (Fsp3) is 0.160. The molecule has 2 aromatic heterocycles. The first-order chi connectivity index (χ1) is 16.8. The summed E-state index contributed by atoms with van der Waals surface area (Å²) in [5.41, 5.74) is 0.953. The quantitative estimate of drug-likeness (QED) is 0.414. The van der Waals surface area contributed by atoms with E-state index in [1.165, 1.54) is 24.1 Å². The number of aromatic hydroxyl groups is 1. The lowest BCUT2D eigenvalue weighted by atomic mass is 9.79. The lowest BCUT2D eigenvalue weighted by Crippen LogP contribution is -2.29. The smallest absolute Gasteiger partial charge is 0.296 e. The third-order valence-corrected chi connectivity index (χ3v) is 5.98. The molecule has 0 fully saturated rings. The summed E-state index contributed by atoms with van der Waals surface area (Å²) in [6, 6.07) is 16.6. The van der Waals surface area contributed by atoms with Crippen molar-refractivity contribution in [1.82, 2.24) is 14.7 Å². The molecule has 35 heavy (non-hydrogen) atoms. The molecule has 0 saturated carbocycles. The highest BCUT2D eigenvalue weighted by atomic mass is 35.5. The van der Waals surface area contributed by atoms with Crippen LogP contribution >= 0.6 is 11.6 Å². The van der Waals surface area contributed by atoms with Crippen molar-refractivity contribution in [2.24, 2.45) is 7.05 Å². The lowest BCUT2D eigenvalue weighted by Gasteiger charge is -2.27. The molecule has 2 N–H and O–H groups in total. The van der Waals surface area contributed by atoms with E-state index in [-0.39, 0.29) is 11.5 Å². The van der Waals surface area contributed by atoms with Crippen LogP contribution in [0.25, 0.3) is 0 Å². The lowest BCUT2D eigenvalue weighted by molar-refractivity contribution is 0.101. The highest BCUT2D eigenvalue weighted by molar-refractivity contribution is 6.30. The van der Waals surface area contributed by atoms with Gasteiger partial charge in [0, 0.05) is 23.9 Å². The average Bonchev–Trinajstić information content (AvgIpc) is 3.36. The molecule has 0 unspecified atom stereocenters. The van der Waals surface area contributed by atoms with Gasteiger partial charge in [0.2, 0.25) is 5.75 Å². The SMILES string of the molecule is C[C@H](c1nc(C(=O)Nc2cnoc2)c(O)c(=O)n1C)[C@@H](c1ccccc1)c1cc(Cl)ccc1C#N. The van der Waals surface area contributed by atoms with Crippen LogP contribution in [0.1, 0.15) is 51.8 Å². The number of nitriles is 1. The first-order valence-corrected chi connectivity index (χ1v) is 10.9. The molecule has 4 rings (SSSR count). The molecule has 9 nitrogen and oxygen atoms in total. The van der Waals surface area contributed by atoms with E-state index in [0.29, 0.717) is 16.1 Å². The molecule has 2 atom stereocenters. The molecule has 2 heterocycles. The summed E-state index contributed by atoms with van der Waals surface area (Å²) < 4.78 is 5.89. The van der Waals surface area contributed by atoms with Crippen molar-refractivity contribution in [3.05, 3.63) is 105 Å². The fourth-order valence-electron chi connectivity index (χ4n) is 4.07. The summed E-state index contributed by atoms with van der Waals surface area (Å²) in [5.74, 6) is -2.30. The molecule has 0 bridgehead atoms.